The molecule has 7 nitrogen and oxygen atoms in total. The molecule has 0 radical (unpaired) electrons. The van der Waals surface area contributed by atoms with Crippen molar-refractivity contribution in [3.05, 3.63) is 419 Å². The van der Waals surface area contributed by atoms with Crippen molar-refractivity contribution < 1.29 is 4.42 Å². The van der Waals surface area contributed by atoms with Crippen molar-refractivity contribution in [2.45, 2.75) is 0 Å². The average Bonchev–Trinajstić information content (AvgIpc) is 1.58. The molecule has 544 valence electrons. The zero-order valence-electron chi connectivity index (χ0n) is 63.4. The van der Waals surface area contributed by atoms with Crippen LogP contribution in [0.2, 0.25) is 0 Å². The van der Waals surface area contributed by atoms with E-state index in [1.54, 1.807) is 0 Å². The van der Waals surface area contributed by atoms with Crippen molar-refractivity contribution >= 4 is 153 Å². The Hall–Kier alpha value is -15.4. The predicted molar refractivity (Wildman–Crippen MR) is 489 cm³/mol. The number of nitrogens with zero attached hydrogens (tertiary/aromatic N) is 6. The van der Waals surface area contributed by atoms with Gasteiger partial charge in [0.15, 0.2) is 0 Å². The molecular formula is C109H72N6O. The van der Waals surface area contributed by atoms with Gasteiger partial charge in [0.2, 0.25) is 0 Å². The van der Waals surface area contributed by atoms with Gasteiger partial charge in [-0.2, -0.15) is 0 Å². The maximum atomic E-state index is 6.27. The Morgan fingerprint density at radius 1 is 0.172 bits per heavy atom. The first-order valence-corrected chi connectivity index (χ1v) is 39.8. The molecule has 7 heterocycles. The molecule has 0 bridgehead atoms. The van der Waals surface area contributed by atoms with Crippen LogP contribution in [0.3, 0.4) is 0 Å². The van der Waals surface area contributed by atoms with Gasteiger partial charge in [0.1, 0.15) is 11.2 Å². The predicted octanol–water partition coefficient (Wildman–Crippen LogP) is 29.1. The number of aryl methyl sites for hydroxylation is 1. The standard InChI is InChI=1S/C48H30N2O.C36H24N2.C25H18N2/c1-7-21-40-33(14-1)34-15-2-8-22-41(34)49(40)42-23-9-3-16-35(42)36-17-4-10-24-43(36)50-44-25-11-5-18-37(44)39-30-31(28-29-45(39)50)32-20-13-27-47-48(32)38-19-6-12-26-46(38)51-47;1-7-19-31-25(13-1)26-14-2-8-20-32(26)37(31)35-23-11-5-17-29(35)30-18-6-12-24-36(30)38-33-21-9-3-15-27(33)28-16-4-10-22-34(28)38;1-26-22-11-5-2-10-20(22)21-16-17(14-15-23(21)26)27-24-12-6-3-8-18(24)19-9-4-7-13-25(19)27/h1-30H;1-24H;2-16H,1H3. The normalized spacial score (nSPS) is 11.8. The van der Waals surface area contributed by atoms with Crippen molar-refractivity contribution in [2.75, 3.05) is 0 Å². The summed E-state index contributed by atoms with van der Waals surface area (Å²) in [6.45, 7) is 0. The van der Waals surface area contributed by atoms with E-state index in [0.717, 1.165) is 33.3 Å². The molecule has 0 saturated carbocycles. The van der Waals surface area contributed by atoms with Crippen LogP contribution in [0.4, 0.5) is 0 Å². The molecule has 25 rings (SSSR count). The molecule has 0 atom stereocenters. The van der Waals surface area contributed by atoms with Gasteiger partial charge in [0, 0.05) is 121 Å². The van der Waals surface area contributed by atoms with Crippen molar-refractivity contribution in [3.63, 3.8) is 0 Å². The summed E-state index contributed by atoms with van der Waals surface area (Å²) in [5, 5.41) is 17.5. The summed E-state index contributed by atoms with van der Waals surface area (Å²) in [6, 6.07) is 151. The van der Waals surface area contributed by atoms with E-state index in [2.05, 4.69) is 441 Å². The van der Waals surface area contributed by atoms with Gasteiger partial charge in [-0.1, -0.05) is 291 Å². The number of fused-ring (bicyclic) bond motifs is 21. The van der Waals surface area contributed by atoms with Crippen molar-refractivity contribution in [1.82, 2.24) is 27.4 Å². The van der Waals surface area contributed by atoms with Gasteiger partial charge in [-0.15, -0.1) is 0 Å². The Labute approximate surface area is 667 Å². The van der Waals surface area contributed by atoms with Crippen LogP contribution in [0, 0.1) is 0 Å². The fraction of sp³-hybridized carbons (Fsp3) is 0.00917. The number of rotatable bonds is 8. The van der Waals surface area contributed by atoms with Crippen LogP contribution in [-0.4, -0.2) is 27.4 Å². The molecule has 0 amide bonds. The van der Waals surface area contributed by atoms with Crippen LogP contribution in [0.1, 0.15) is 0 Å². The van der Waals surface area contributed by atoms with Gasteiger partial charge in [-0.3, -0.25) is 0 Å². The highest BCUT2D eigenvalue weighted by atomic mass is 16.3. The van der Waals surface area contributed by atoms with Gasteiger partial charge in [0.05, 0.1) is 77.9 Å². The second kappa shape index (κ2) is 26.9. The fourth-order valence-electron chi connectivity index (χ4n) is 19.0. The largest absolute Gasteiger partial charge is 0.456 e. The lowest BCUT2D eigenvalue weighted by atomic mass is 9.98. The summed E-state index contributed by atoms with van der Waals surface area (Å²) >= 11 is 0. The third-order valence-electron chi connectivity index (χ3n) is 24.0. The van der Waals surface area contributed by atoms with E-state index in [1.807, 2.05) is 12.1 Å². The Morgan fingerprint density at radius 3 is 0.802 bits per heavy atom. The summed E-state index contributed by atoms with van der Waals surface area (Å²) in [5.41, 5.74) is 29.5. The molecule has 0 aliphatic carbocycles. The Balaban J connectivity index is 0.000000108. The number of aromatic nitrogens is 6. The Morgan fingerprint density at radius 2 is 0.422 bits per heavy atom. The molecule has 0 unspecified atom stereocenters. The molecule has 0 aliphatic heterocycles. The lowest BCUT2D eigenvalue weighted by molar-refractivity contribution is 0.669. The molecule has 7 heteroatoms. The van der Waals surface area contributed by atoms with Crippen molar-refractivity contribution in [3.8, 4) is 61.8 Å². The highest BCUT2D eigenvalue weighted by molar-refractivity contribution is 6.18. The third-order valence-corrected chi connectivity index (χ3v) is 24.0. The number of benzene rings is 18. The minimum atomic E-state index is 0.909. The van der Waals surface area contributed by atoms with Gasteiger partial charge in [-0.25, -0.2) is 0 Å². The van der Waals surface area contributed by atoms with E-state index < -0.39 is 0 Å². The number of para-hydroxylation sites is 15. The molecule has 25 aromatic rings. The van der Waals surface area contributed by atoms with Crippen LogP contribution >= 0.6 is 0 Å². The molecule has 116 heavy (non-hydrogen) atoms. The van der Waals surface area contributed by atoms with E-state index in [4.69, 9.17) is 4.42 Å². The van der Waals surface area contributed by atoms with Crippen LogP contribution < -0.4 is 0 Å². The van der Waals surface area contributed by atoms with Crippen molar-refractivity contribution in [1.29, 1.82) is 0 Å². The van der Waals surface area contributed by atoms with Crippen LogP contribution in [-0.2, 0) is 7.05 Å². The smallest absolute Gasteiger partial charge is 0.136 e. The van der Waals surface area contributed by atoms with Crippen LogP contribution in [0.5, 0.6) is 0 Å². The molecular weight excluding hydrogens is 1410 g/mol. The summed E-state index contributed by atoms with van der Waals surface area (Å²) in [6.07, 6.45) is 0. The Bertz CT molecular complexity index is 7900. The van der Waals surface area contributed by atoms with E-state index in [-0.39, 0.29) is 0 Å². The quantitative estimate of drug-likeness (QED) is 0.149. The monoisotopic (exact) mass is 1480 g/mol. The van der Waals surface area contributed by atoms with Gasteiger partial charge in [-0.05, 0) is 139 Å². The Kier molecular flexibility index (Phi) is 15.4. The third kappa shape index (κ3) is 10.3. The minimum absolute atomic E-state index is 0.909. The van der Waals surface area contributed by atoms with E-state index >= 15 is 0 Å². The van der Waals surface area contributed by atoms with Crippen LogP contribution in [0.25, 0.3) is 215 Å². The van der Waals surface area contributed by atoms with Gasteiger partial charge >= 0.3 is 0 Å². The molecule has 0 aliphatic rings. The van der Waals surface area contributed by atoms with Crippen molar-refractivity contribution in [2.24, 2.45) is 7.05 Å². The molecule has 18 aromatic carbocycles. The first kappa shape index (κ1) is 66.4. The molecule has 7 aromatic heterocycles. The molecule has 0 N–H and O–H groups in total. The molecule has 0 saturated heterocycles. The minimum Gasteiger partial charge on any atom is -0.456 e. The lowest BCUT2D eigenvalue weighted by Crippen LogP contribution is -2.01. The van der Waals surface area contributed by atoms with E-state index in [9.17, 15) is 0 Å². The fourth-order valence-corrected chi connectivity index (χ4v) is 19.0. The summed E-state index contributed by atoms with van der Waals surface area (Å²) in [4.78, 5) is 0. The molecule has 0 spiro atoms. The number of hydrogen-bond donors (Lipinski definition) is 0. The van der Waals surface area contributed by atoms with Gasteiger partial charge in [0.25, 0.3) is 0 Å². The lowest BCUT2D eigenvalue weighted by Gasteiger charge is -2.18. The van der Waals surface area contributed by atoms with Gasteiger partial charge < -0.3 is 31.8 Å². The second-order valence-corrected chi connectivity index (χ2v) is 30.2. The van der Waals surface area contributed by atoms with E-state index in [1.165, 1.54) is 181 Å². The first-order valence-electron chi connectivity index (χ1n) is 39.8. The average molecular weight is 1480 g/mol. The zero-order chi connectivity index (χ0) is 76.5. The number of furan rings is 1. The first-order chi connectivity index (χ1) is 57.6. The highest BCUT2D eigenvalue weighted by Crippen LogP contribution is 2.46. The topological polar surface area (TPSA) is 42.7 Å². The SMILES string of the molecule is Cn1c2ccccc2c2cc(-n3c4ccccc4c4ccccc43)ccc21.c1ccc(-n2c3ccccc3c3ccccc32)c(-c2ccccc2-n2c3ccccc3c3cc(-c4cccc5oc6ccccc6c45)ccc32)c1.c1ccc(-n2c3ccccc3c3ccccc32)c(-c2ccccc2-n2c3ccccc3c3ccccc32)c1. The summed E-state index contributed by atoms with van der Waals surface area (Å²) < 4.78 is 20.6. The molecule has 0 fully saturated rings. The zero-order valence-corrected chi connectivity index (χ0v) is 63.4. The highest BCUT2D eigenvalue weighted by Gasteiger charge is 2.25. The summed E-state index contributed by atoms with van der Waals surface area (Å²) in [7, 11) is 2.14. The van der Waals surface area contributed by atoms with Crippen LogP contribution in [0.15, 0.2) is 423 Å². The van der Waals surface area contributed by atoms with E-state index in [0.29, 0.717) is 0 Å². The maximum Gasteiger partial charge on any atom is 0.136 e. The maximum absolute atomic E-state index is 6.27. The summed E-state index contributed by atoms with van der Waals surface area (Å²) in [5.74, 6) is 0. The number of hydrogen-bond acceptors (Lipinski definition) is 1. The second-order valence-electron chi connectivity index (χ2n) is 30.2.